The molecule has 0 aromatic heterocycles. The van der Waals surface area contributed by atoms with Crippen molar-refractivity contribution in [3.8, 4) is 11.5 Å². The van der Waals surface area contributed by atoms with Crippen molar-refractivity contribution in [2.24, 2.45) is 0 Å². The van der Waals surface area contributed by atoms with Crippen molar-refractivity contribution in [1.82, 2.24) is 4.72 Å². The number of methoxy groups -OCH3 is 2. The van der Waals surface area contributed by atoms with Crippen LogP contribution in [-0.4, -0.2) is 34.5 Å². The van der Waals surface area contributed by atoms with Crippen molar-refractivity contribution in [2.75, 3.05) is 19.5 Å². The lowest BCUT2D eigenvalue weighted by atomic mass is 10.2. The van der Waals surface area contributed by atoms with Crippen molar-refractivity contribution >= 4 is 27.5 Å². The van der Waals surface area contributed by atoms with Crippen LogP contribution in [-0.2, 0) is 14.8 Å². The number of ether oxygens (including phenoxy) is 2. The minimum atomic E-state index is -4.23. The Bertz CT molecular complexity index is 923. The number of nitrogens with one attached hydrogen (secondary N) is 2. The molecule has 2 amide bonds. The van der Waals surface area contributed by atoms with E-state index in [0.29, 0.717) is 5.75 Å². The van der Waals surface area contributed by atoms with Gasteiger partial charge in [-0.1, -0.05) is 0 Å². The van der Waals surface area contributed by atoms with Crippen LogP contribution >= 0.6 is 0 Å². The van der Waals surface area contributed by atoms with Gasteiger partial charge in [0.25, 0.3) is 15.9 Å². The topological polar surface area (TPSA) is 111 Å². The number of hydrogen-bond acceptors (Lipinski definition) is 6. The maximum atomic E-state index is 12.6. The average Bonchev–Trinajstić information content (AvgIpc) is 2.61. The summed E-state index contributed by atoms with van der Waals surface area (Å²) in [5.41, 5.74) is 0.405. The van der Waals surface area contributed by atoms with E-state index in [2.05, 4.69) is 5.32 Å². The van der Waals surface area contributed by atoms with Crippen LogP contribution < -0.4 is 19.5 Å². The fourth-order valence-electron chi connectivity index (χ4n) is 2.15. The molecule has 8 nitrogen and oxygen atoms in total. The molecule has 0 fully saturated rings. The highest BCUT2D eigenvalue weighted by Gasteiger charge is 2.23. The van der Waals surface area contributed by atoms with Gasteiger partial charge in [0.05, 0.1) is 14.2 Å². The number of rotatable bonds is 6. The molecular formula is C17H18N2O6S. The van der Waals surface area contributed by atoms with E-state index in [1.165, 1.54) is 51.5 Å². The largest absolute Gasteiger partial charge is 0.497 e. The zero-order chi connectivity index (χ0) is 19.3. The smallest absolute Gasteiger partial charge is 0.268 e. The first kappa shape index (κ1) is 19.3. The maximum Gasteiger partial charge on any atom is 0.268 e. The van der Waals surface area contributed by atoms with E-state index in [9.17, 15) is 18.0 Å². The van der Waals surface area contributed by atoms with Crippen LogP contribution in [0.1, 0.15) is 17.3 Å². The molecule has 0 aliphatic rings. The molecule has 138 valence electrons. The van der Waals surface area contributed by atoms with Gasteiger partial charge in [0.2, 0.25) is 5.91 Å². The summed E-state index contributed by atoms with van der Waals surface area (Å²) in [7, 11) is -1.45. The Morgan fingerprint density at radius 2 is 1.62 bits per heavy atom. The molecule has 0 saturated heterocycles. The zero-order valence-corrected chi connectivity index (χ0v) is 15.2. The molecule has 0 radical (unpaired) electrons. The van der Waals surface area contributed by atoms with Crippen LogP contribution in [0.25, 0.3) is 0 Å². The third kappa shape index (κ3) is 4.51. The molecule has 2 rings (SSSR count). The van der Waals surface area contributed by atoms with Crippen molar-refractivity contribution in [1.29, 1.82) is 0 Å². The fourth-order valence-corrected chi connectivity index (χ4v) is 3.32. The van der Waals surface area contributed by atoms with E-state index in [1.54, 1.807) is 12.1 Å². The number of benzene rings is 2. The van der Waals surface area contributed by atoms with Crippen LogP contribution in [0.5, 0.6) is 11.5 Å². The molecule has 2 aromatic carbocycles. The summed E-state index contributed by atoms with van der Waals surface area (Å²) in [6.07, 6.45) is 0. The van der Waals surface area contributed by atoms with Crippen LogP contribution in [0.15, 0.2) is 47.4 Å². The summed E-state index contributed by atoms with van der Waals surface area (Å²) < 4.78 is 37.2. The Balaban J connectivity index is 2.33. The van der Waals surface area contributed by atoms with Gasteiger partial charge in [-0.3, -0.25) is 9.59 Å². The Morgan fingerprint density at radius 3 is 2.15 bits per heavy atom. The number of carbonyl (C=O) groups excluding carboxylic acids is 2. The first-order valence-corrected chi connectivity index (χ1v) is 8.92. The molecule has 0 aliphatic carbocycles. The van der Waals surface area contributed by atoms with E-state index in [-0.39, 0.29) is 27.8 Å². The predicted octanol–water partition coefficient (Wildman–Crippen LogP) is 1.78. The molecule has 0 aliphatic heterocycles. The van der Waals surface area contributed by atoms with Crippen molar-refractivity contribution in [3.05, 3.63) is 48.0 Å². The van der Waals surface area contributed by atoms with Gasteiger partial charge >= 0.3 is 0 Å². The second-order valence-corrected chi connectivity index (χ2v) is 6.86. The number of carbonyl (C=O) groups is 2. The van der Waals surface area contributed by atoms with Crippen LogP contribution in [0, 0.1) is 0 Å². The minimum absolute atomic E-state index is 0.0362. The van der Waals surface area contributed by atoms with Gasteiger partial charge in [0.1, 0.15) is 16.4 Å². The molecule has 2 N–H and O–H groups in total. The normalized spacial score (nSPS) is 10.7. The third-order valence-electron chi connectivity index (χ3n) is 3.35. The van der Waals surface area contributed by atoms with Gasteiger partial charge in [0, 0.05) is 18.2 Å². The molecule has 0 saturated carbocycles. The van der Waals surface area contributed by atoms with E-state index >= 15 is 0 Å². The quantitative estimate of drug-likeness (QED) is 0.793. The summed E-state index contributed by atoms with van der Waals surface area (Å²) in [6, 6.07) is 10.1. The predicted molar refractivity (Wildman–Crippen MR) is 94.9 cm³/mol. The summed E-state index contributed by atoms with van der Waals surface area (Å²) >= 11 is 0. The third-order valence-corrected chi connectivity index (χ3v) is 4.70. The van der Waals surface area contributed by atoms with Crippen LogP contribution in [0.3, 0.4) is 0 Å². The Kier molecular flexibility index (Phi) is 5.83. The highest BCUT2D eigenvalue weighted by atomic mass is 32.2. The second-order valence-electron chi connectivity index (χ2n) is 5.21. The van der Waals surface area contributed by atoms with Gasteiger partial charge < -0.3 is 14.8 Å². The minimum Gasteiger partial charge on any atom is -0.497 e. The number of hydrogen-bond donors (Lipinski definition) is 2. The summed E-state index contributed by atoms with van der Waals surface area (Å²) in [5.74, 6) is -0.594. The van der Waals surface area contributed by atoms with Crippen molar-refractivity contribution in [2.45, 2.75) is 11.8 Å². The lowest BCUT2D eigenvalue weighted by molar-refractivity contribution is -0.114. The average molecular weight is 378 g/mol. The standard InChI is InChI=1S/C17H18N2O6S/c1-11(20)18-13-6-9-15(25-3)16(10-13)26(22,23)19-17(21)12-4-7-14(24-2)8-5-12/h4-10H,1-3H3,(H,18,20)(H,19,21). The van der Waals surface area contributed by atoms with Gasteiger partial charge in [-0.2, -0.15) is 0 Å². The number of sulfonamides is 1. The molecule has 2 aromatic rings. The van der Waals surface area contributed by atoms with Crippen molar-refractivity contribution < 1.29 is 27.5 Å². The maximum absolute atomic E-state index is 12.6. The highest BCUT2D eigenvalue weighted by molar-refractivity contribution is 7.90. The molecule has 0 bridgehead atoms. The Hall–Kier alpha value is -3.07. The van der Waals surface area contributed by atoms with Crippen LogP contribution in [0.2, 0.25) is 0 Å². The molecule has 0 atom stereocenters. The lowest BCUT2D eigenvalue weighted by Gasteiger charge is -2.13. The van der Waals surface area contributed by atoms with E-state index in [0.717, 1.165) is 0 Å². The van der Waals surface area contributed by atoms with E-state index < -0.39 is 15.9 Å². The molecule has 0 unspecified atom stereocenters. The molecule has 0 heterocycles. The first-order chi connectivity index (χ1) is 12.3. The fraction of sp³-hybridized carbons (Fsp3) is 0.176. The van der Waals surface area contributed by atoms with E-state index in [1.807, 2.05) is 4.72 Å². The Labute approximate surface area is 151 Å². The highest BCUT2D eigenvalue weighted by Crippen LogP contribution is 2.27. The first-order valence-electron chi connectivity index (χ1n) is 7.43. The zero-order valence-electron chi connectivity index (χ0n) is 14.4. The Morgan fingerprint density at radius 1 is 0.962 bits per heavy atom. The van der Waals surface area contributed by atoms with Crippen LogP contribution in [0.4, 0.5) is 5.69 Å². The summed E-state index contributed by atoms with van der Waals surface area (Å²) in [4.78, 5) is 23.2. The molecule has 9 heteroatoms. The number of anilines is 1. The monoisotopic (exact) mass is 378 g/mol. The van der Waals surface area contributed by atoms with E-state index in [4.69, 9.17) is 9.47 Å². The van der Waals surface area contributed by atoms with Gasteiger partial charge in [-0.15, -0.1) is 0 Å². The van der Waals surface area contributed by atoms with Gasteiger partial charge in [-0.05, 0) is 42.5 Å². The SMILES string of the molecule is COc1ccc(C(=O)NS(=O)(=O)c2cc(NC(C)=O)ccc2OC)cc1. The summed E-state index contributed by atoms with van der Waals surface area (Å²) in [5, 5.41) is 2.48. The van der Waals surface area contributed by atoms with Crippen molar-refractivity contribution in [3.63, 3.8) is 0 Å². The molecule has 26 heavy (non-hydrogen) atoms. The van der Waals surface area contributed by atoms with Gasteiger partial charge in [-0.25, -0.2) is 13.1 Å². The second kappa shape index (κ2) is 7.87. The summed E-state index contributed by atoms with van der Waals surface area (Å²) in [6.45, 7) is 1.30. The molecular weight excluding hydrogens is 360 g/mol. The molecule has 0 spiro atoms. The van der Waals surface area contributed by atoms with Gasteiger partial charge in [0.15, 0.2) is 0 Å². The number of amides is 2. The lowest BCUT2D eigenvalue weighted by Crippen LogP contribution is -2.31.